The number of nitrogens with one attached hydrogen (secondary N) is 1. The van der Waals surface area contributed by atoms with E-state index < -0.39 is 0 Å². The summed E-state index contributed by atoms with van der Waals surface area (Å²) >= 11 is 0. The van der Waals surface area contributed by atoms with Gasteiger partial charge in [0.25, 0.3) is 0 Å². The van der Waals surface area contributed by atoms with Crippen LogP contribution in [0.3, 0.4) is 0 Å². The van der Waals surface area contributed by atoms with Gasteiger partial charge in [0.2, 0.25) is 0 Å². The minimum atomic E-state index is 0.0198. The highest BCUT2D eigenvalue weighted by molar-refractivity contribution is 5.75. The largest absolute Gasteiger partial charge is 0.495 e. The predicted octanol–water partition coefficient (Wildman–Crippen LogP) is 2.50. The number of hydrogen-bond acceptors (Lipinski definition) is 3. The van der Waals surface area contributed by atoms with Crippen molar-refractivity contribution in [3.8, 4) is 5.75 Å². The number of anilines is 1. The van der Waals surface area contributed by atoms with E-state index in [-0.39, 0.29) is 12.1 Å². The summed E-state index contributed by atoms with van der Waals surface area (Å²) in [7, 11) is 3.72. The number of nitrogens with zero attached hydrogens (tertiary/aromatic N) is 3. The third-order valence-electron chi connectivity index (χ3n) is 5.02. The fraction of sp³-hybridized carbons (Fsp3) is 0.450. The van der Waals surface area contributed by atoms with Gasteiger partial charge < -0.3 is 24.4 Å². The molecule has 3 rings (SSSR count). The van der Waals surface area contributed by atoms with Gasteiger partial charge in [0.15, 0.2) is 0 Å². The van der Waals surface area contributed by atoms with Crippen LogP contribution in [-0.2, 0) is 13.5 Å². The second-order valence-electron chi connectivity index (χ2n) is 6.75. The van der Waals surface area contributed by atoms with Crippen molar-refractivity contribution in [1.29, 1.82) is 0 Å². The topological polar surface area (TPSA) is 49.7 Å². The van der Waals surface area contributed by atoms with Gasteiger partial charge in [0, 0.05) is 57.6 Å². The molecule has 140 valence electrons. The zero-order chi connectivity index (χ0) is 18.5. The monoisotopic (exact) mass is 356 g/mol. The van der Waals surface area contributed by atoms with Gasteiger partial charge in [0.1, 0.15) is 5.75 Å². The summed E-state index contributed by atoms with van der Waals surface area (Å²) in [5.41, 5.74) is 2.31. The van der Waals surface area contributed by atoms with E-state index in [1.54, 1.807) is 7.11 Å². The van der Waals surface area contributed by atoms with Gasteiger partial charge >= 0.3 is 6.03 Å². The molecule has 26 heavy (non-hydrogen) atoms. The molecule has 0 bridgehead atoms. The molecule has 1 N–H and O–H groups in total. The molecule has 1 aliphatic heterocycles. The number of methoxy groups -OCH3 is 1. The maximum absolute atomic E-state index is 12.6. The maximum Gasteiger partial charge on any atom is 0.317 e. The van der Waals surface area contributed by atoms with Gasteiger partial charge in [-0.15, -0.1) is 0 Å². The molecule has 1 fully saturated rings. The first-order valence-corrected chi connectivity index (χ1v) is 9.13. The highest BCUT2D eigenvalue weighted by atomic mass is 16.5. The number of para-hydroxylation sites is 2. The quantitative estimate of drug-likeness (QED) is 0.895. The Kier molecular flexibility index (Phi) is 5.71. The van der Waals surface area contributed by atoms with Crippen LogP contribution >= 0.6 is 0 Å². The Labute approximate surface area is 155 Å². The number of ether oxygens (including phenoxy) is 1. The average Bonchev–Trinajstić information content (AvgIpc) is 3.06. The van der Waals surface area contributed by atoms with E-state index in [0.29, 0.717) is 13.1 Å². The van der Waals surface area contributed by atoms with Crippen molar-refractivity contribution in [3.63, 3.8) is 0 Å². The fourth-order valence-corrected chi connectivity index (χ4v) is 3.52. The third-order valence-corrected chi connectivity index (χ3v) is 5.02. The van der Waals surface area contributed by atoms with Crippen LogP contribution < -0.4 is 15.0 Å². The zero-order valence-corrected chi connectivity index (χ0v) is 15.8. The lowest BCUT2D eigenvalue weighted by molar-refractivity contribution is 0.171. The van der Waals surface area contributed by atoms with Crippen molar-refractivity contribution in [2.45, 2.75) is 19.4 Å². The van der Waals surface area contributed by atoms with E-state index in [2.05, 4.69) is 33.8 Å². The van der Waals surface area contributed by atoms with Crippen LogP contribution in [-0.4, -0.2) is 54.8 Å². The summed E-state index contributed by atoms with van der Waals surface area (Å²) in [5, 5.41) is 3.06. The lowest BCUT2D eigenvalue weighted by atomic mass is 10.1. The molecule has 2 heterocycles. The second kappa shape index (κ2) is 8.17. The molecular weight excluding hydrogens is 328 g/mol. The number of hydrogen-bond donors (Lipinski definition) is 1. The molecule has 2 aromatic rings. The summed E-state index contributed by atoms with van der Waals surface area (Å²) < 4.78 is 7.55. The summed E-state index contributed by atoms with van der Waals surface area (Å²) in [6, 6.07) is 12.3. The van der Waals surface area contributed by atoms with Crippen molar-refractivity contribution < 1.29 is 9.53 Å². The van der Waals surface area contributed by atoms with E-state index in [0.717, 1.165) is 30.9 Å². The SMILES string of the molecule is COc1ccccc1N1CCN(C(=O)NCCc2cccn2C)[C@H](C)C1. The standard InChI is InChI=1S/C20H28N4O2/c1-16-15-23(18-8-4-5-9-19(18)26-3)13-14-24(16)20(25)21-11-10-17-7-6-12-22(17)2/h4-9,12,16H,10-11,13-15H2,1-3H3,(H,21,25)/t16-/m1/s1. The zero-order valence-electron chi connectivity index (χ0n) is 15.8. The Bertz CT molecular complexity index is 743. The second-order valence-corrected chi connectivity index (χ2v) is 6.75. The number of rotatable bonds is 5. The first-order valence-electron chi connectivity index (χ1n) is 9.13. The van der Waals surface area contributed by atoms with E-state index in [1.807, 2.05) is 42.4 Å². The van der Waals surface area contributed by atoms with Gasteiger partial charge in [-0.2, -0.15) is 0 Å². The number of aromatic nitrogens is 1. The minimum absolute atomic E-state index is 0.0198. The highest BCUT2D eigenvalue weighted by Crippen LogP contribution is 2.29. The van der Waals surface area contributed by atoms with Crippen LogP contribution in [0.15, 0.2) is 42.6 Å². The van der Waals surface area contributed by atoms with Crippen molar-refractivity contribution >= 4 is 11.7 Å². The number of piperazine rings is 1. The lowest BCUT2D eigenvalue weighted by Crippen LogP contribution is -2.56. The first-order chi connectivity index (χ1) is 12.6. The van der Waals surface area contributed by atoms with Crippen LogP contribution in [0.2, 0.25) is 0 Å². The van der Waals surface area contributed by atoms with Gasteiger partial charge in [-0.3, -0.25) is 0 Å². The Morgan fingerprint density at radius 2 is 2.04 bits per heavy atom. The molecule has 1 aromatic carbocycles. The van der Waals surface area contributed by atoms with Crippen LogP contribution in [0.1, 0.15) is 12.6 Å². The molecule has 6 heteroatoms. The number of amides is 2. The van der Waals surface area contributed by atoms with Gasteiger partial charge in [-0.1, -0.05) is 12.1 Å². The first kappa shape index (κ1) is 18.2. The van der Waals surface area contributed by atoms with Gasteiger partial charge in [-0.05, 0) is 31.2 Å². The lowest BCUT2D eigenvalue weighted by Gasteiger charge is -2.41. The fourth-order valence-electron chi connectivity index (χ4n) is 3.52. The summed E-state index contributed by atoms with van der Waals surface area (Å²) in [6.07, 6.45) is 2.86. The van der Waals surface area contributed by atoms with Crippen LogP contribution in [0.5, 0.6) is 5.75 Å². The van der Waals surface area contributed by atoms with Gasteiger partial charge in [0.05, 0.1) is 12.8 Å². The molecule has 0 saturated carbocycles. The minimum Gasteiger partial charge on any atom is -0.495 e. The Hall–Kier alpha value is -2.63. The Morgan fingerprint density at radius 1 is 1.23 bits per heavy atom. The molecule has 1 aromatic heterocycles. The smallest absolute Gasteiger partial charge is 0.317 e. The predicted molar refractivity (Wildman–Crippen MR) is 104 cm³/mol. The molecule has 2 amide bonds. The number of benzene rings is 1. The normalized spacial score (nSPS) is 17.3. The number of urea groups is 1. The van der Waals surface area contributed by atoms with Gasteiger partial charge in [-0.25, -0.2) is 4.79 Å². The highest BCUT2D eigenvalue weighted by Gasteiger charge is 2.28. The van der Waals surface area contributed by atoms with Crippen molar-refractivity contribution in [2.24, 2.45) is 7.05 Å². The summed E-state index contributed by atoms with van der Waals surface area (Å²) in [4.78, 5) is 16.8. The maximum atomic E-state index is 12.6. The molecule has 0 unspecified atom stereocenters. The van der Waals surface area contributed by atoms with Crippen molar-refractivity contribution in [2.75, 3.05) is 38.2 Å². The van der Waals surface area contributed by atoms with Crippen molar-refractivity contribution in [1.82, 2.24) is 14.8 Å². The molecule has 1 saturated heterocycles. The molecule has 1 aliphatic rings. The Morgan fingerprint density at radius 3 is 2.73 bits per heavy atom. The molecule has 0 radical (unpaired) electrons. The molecule has 1 atom stereocenters. The molecule has 0 aliphatic carbocycles. The number of carbonyl (C=O) groups excluding carboxylic acids is 1. The number of carbonyl (C=O) groups is 1. The van der Waals surface area contributed by atoms with E-state index in [1.165, 1.54) is 5.69 Å². The Balaban J connectivity index is 1.53. The number of aryl methyl sites for hydroxylation is 1. The van der Waals surface area contributed by atoms with E-state index in [4.69, 9.17) is 4.74 Å². The summed E-state index contributed by atoms with van der Waals surface area (Å²) in [5.74, 6) is 0.875. The summed E-state index contributed by atoms with van der Waals surface area (Å²) in [6.45, 7) is 5.05. The average molecular weight is 356 g/mol. The molecule has 6 nitrogen and oxygen atoms in total. The van der Waals surface area contributed by atoms with E-state index in [9.17, 15) is 4.79 Å². The van der Waals surface area contributed by atoms with Crippen LogP contribution in [0, 0.1) is 0 Å². The van der Waals surface area contributed by atoms with Crippen molar-refractivity contribution in [3.05, 3.63) is 48.3 Å². The van der Waals surface area contributed by atoms with E-state index >= 15 is 0 Å². The molecule has 0 spiro atoms. The van der Waals surface area contributed by atoms with Crippen LogP contribution in [0.25, 0.3) is 0 Å². The van der Waals surface area contributed by atoms with Crippen LogP contribution in [0.4, 0.5) is 10.5 Å². The molecular formula is C20H28N4O2. The third kappa shape index (κ3) is 3.95.